The number of nitro groups is 1. The molecule has 0 radical (unpaired) electrons. The van der Waals surface area contributed by atoms with E-state index in [1.165, 1.54) is 0 Å². The Morgan fingerprint density at radius 2 is 1.92 bits per heavy atom. The van der Waals surface area contributed by atoms with Crippen LogP contribution in [0.25, 0.3) is 0 Å². The predicted molar refractivity (Wildman–Crippen MR) is 73.1 cm³/mol. The second-order valence-electron chi connectivity index (χ2n) is 4.66. The molecule has 0 amide bonds. The Bertz CT molecular complexity index is 744. The number of halogens is 3. The fourth-order valence-corrected chi connectivity index (χ4v) is 2.28. The Hall–Kier alpha value is -2.37. The largest absolute Gasteiger partial charge is 0.501 e. The maximum atomic E-state index is 12.5. The van der Waals surface area contributed by atoms with E-state index in [0.717, 1.165) is 0 Å². The van der Waals surface area contributed by atoms with Gasteiger partial charge in [0, 0.05) is 6.07 Å². The molecule has 0 aromatic heterocycles. The van der Waals surface area contributed by atoms with E-state index >= 15 is 0 Å². The number of benzene rings is 1. The van der Waals surface area contributed by atoms with Crippen LogP contribution >= 0.6 is 0 Å². The standard InChI is InChI=1S/C12H12F3NO7S/c1-7(2)23-11(17)6-22-10-4-3-8(5-9(10)16(18)19)24(20,21)12(13,14)15/h3-5,7H,6H2,1-2H3. The van der Waals surface area contributed by atoms with E-state index in [4.69, 9.17) is 9.47 Å². The monoisotopic (exact) mass is 371 g/mol. The Morgan fingerprint density at radius 3 is 2.38 bits per heavy atom. The minimum atomic E-state index is -5.75. The first kappa shape index (κ1) is 19.7. The molecule has 0 N–H and O–H groups in total. The van der Waals surface area contributed by atoms with E-state index in [2.05, 4.69) is 0 Å². The van der Waals surface area contributed by atoms with Crippen LogP contribution in [0.4, 0.5) is 18.9 Å². The minimum Gasteiger partial charge on any atom is -0.475 e. The van der Waals surface area contributed by atoms with Crippen LogP contribution in [0.3, 0.4) is 0 Å². The average Bonchev–Trinajstić information content (AvgIpc) is 2.42. The van der Waals surface area contributed by atoms with Crippen molar-refractivity contribution in [3.8, 4) is 5.75 Å². The Kier molecular flexibility index (Phi) is 5.76. The van der Waals surface area contributed by atoms with Gasteiger partial charge in [0.15, 0.2) is 12.4 Å². The van der Waals surface area contributed by atoms with E-state index in [-0.39, 0.29) is 6.07 Å². The summed E-state index contributed by atoms with van der Waals surface area (Å²) in [6.45, 7) is 2.37. The number of ether oxygens (including phenoxy) is 2. The molecule has 1 aromatic rings. The molecule has 0 atom stereocenters. The van der Waals surface area contributed by atoms with Crippen molar-refractivity contribution in [2.45, 2.75) is 30.4 Å². The van der Waals surface area contributed by atoms with Crippen LogP contribution in [0.1, 0.15) is 13.8 Å². The molecule has 24 heavy (non-hydrogen) atoms. The molecule has 0 aliphatic rings. The van der Waals surface area contributed by atoms with Gasteiger partial charge in [-0.25, -0.2) is 13.2 Å². The van der Waals surface area contributed by atoms with Gasteiger partial charge in [-0.3, -0.25) is 10.1 Å². The van der Waals surface area contributed by atoms with Gasteiger partial charge in [-0.15, -0.1) is 0 Å². The quantitative estimate of drug-likeness (QED) is 0.428. The summed E-state index contributed by atoms with van der Waals surface area (Å²) >= 11 is 0. The average molecular weight is 371 g/mol. The van der Waals surface area contributed by atoms with Crippen LogP contribution in [0, 0.1) is 10.1 Å². The molecule has 134 valence electrons. The van der Waals surface area contributed by atoms with Crippen LogP contribution in [0.15, 0.2) is 23.1 Å². The number of hydrogen-bond donors (Lipinski definition) is 0. The van der Waals surface area contributed by atoms with Crippen molar-refractivity contribution in [2.75, 3.05) is 6.61 Å². The number of hydrogen-bond acceptors (Lipinski definition) is 7. The highest BCUT2D eigenvalue weighted by Crippen LogP contribution is 2.35. The molecule has 1 rings (SSSR count). The van der Waals surface area contributed by atoms with Crippen molar-refractivity contribution in [1.82, 2.24) is 0 Å². The van der Waals surface area contributed by atoms with Gasteiger partial charge >= 0.3 is 17.2 Å². The fraction of sp³-hybridized carbons (Fsp3) is 0.417. The minimum absolute atomic E-state index is 0.214. The lowest BCUT2D eigenvalue weighted by molar-refractivity contribution is -0.386. The molecule has 0 unspecified atom stereocenters. The zero-order valence-corrected chi connectivity index (χ0v) is 13.2. The van der Waals surface area contributed by atoms with Crippen LogP contribution in [0.5, 0.6) is 5.75 Å². The van der Waals surface area contributed by atoms with Crippen molar-refractivity contribution in [3.63, 3.8) is 0 Å². The van der Waals surface area contributed by atoms with E-state index in [9.17, 15) is 36.5 Å². The molecule has 0 heterocycles. The lowest BCUT2D eigenvalue weighted by Gasteiger charge is -2.11. The number of carbonyl (C=O) groups excluding carboxylic acids is 1. The number of rotatable bonds is 6. The second kappa shape index (κ2) is 7.03. The topological polar surface area (TPSA) is 113 Å². The summed E-state index contributed by atoms with van der Waals surface area (Å²) in [5.41, 5.74) is -6.64. The maximum absolute atomic E-state index is 12.5. The maximum Gasteiger partial charge on any atom is 0.501 e. The number of sulfone groups is 1. The van der Waals surface area contributed by atoms with E-state index in [1.54, 1.807) is 13.8 Å². The summed E-state index contributed by atoms with van der Waals surface area (Å²) in [7, 11) is -5.75. The van der Waals surface area contributed by atoms with Crippen LogP contribution in [-0.2, 0) is 19.4 Å². The SMILES string of the molecule is CC(C)OC(=O)COc1ccc(S(=O)(=O)C(F)(F)F)cc1[N+](=O)[O-]. The Balaban J connectivity index is 3.14. The van der Waals surface area contributed by atoms with Crippen LogP contribution in [-0.4, -0.2) is 37.5 Å². The molecule has 0 aliphatic heterocycles. The number of nitro benzene ring substituents is 1. The van der Waals surface area contributed by atoms with E-state index in [0.29, 0.717) is 12.1 Å². The number of nitrogens with zero attached hydrogens (tertiary/aromatic N) is 1. The lowest BCUT2D eigenvalue weighted by atomic mass is 10.3. The summed E-state index contributed by atoms with van der Waals surface area (Å²) in [6.07, 6.45) is -0.463. The first-order valence-electron chi connectivity index (χ1n) is 6.28. The van der Waals surface area contributed by atoms with Crippen LogP contribution in [0.2, 0.25) is 0 Å². The molecule has 0 aliphatic carbocycles. The third-order valence-corrected chi connectivity index (χ3v) is 3.94. The summed E-state index contributed by atoms with van der Waals surface area (Å²) < 4.78 is 69.5. The molecule has 0 saturated carbocycles. The number of alkyl halides is 3. The van der Waals surface area contributed by atoms with Gasteiger partial charge in [0.05, 0.1) is 15.9 Å². The molecule has 0 fully saturated rings. The van der Waals surface area contributed by atoms with Gasteiger partial charge in [-0.2, -0.15) is 13.2 Å². The van der Waals surface area contributed by atoms with Gasteiger partial charge < -0.3 is 9.47 Å². The first-order valence-corrected chi connectivity index (χ1v) is 7.76. The third kappa shape index (κ3) is 4.57. The smallest absolute Gasteiger partial charge is 0.475 e. The molecule has 0 spiro atoms. The summed E-state index contributed by atoms with van der Waals surface area (Å²) in [5, 5.41) is 10.9. The normalized spacial score (nSPS) is 12.1. The molecule has 12 heteroatoms. The van der Waals surface area contributed by atoms with Crippen LogP contribution < -0.4 is 4.74 Å². The number of esters is 1. The Morgan fingerprint density at radius 1 is 1.33 bits per heavy atom. The van der Waals surface area contributed by atoms with Crippen molar-refractivity contribution >= 4 is 21.5 Å². The number of carbonyl (C=O) groups is 1. The van der Waals surface area contributed by atoms with Gasteiger partial charge in [0.2, 0.25) is 0 Å². The van der Waals surface area contributed by atoms with Gasteiger partial charge in [0.1, 0.15) is 0 Å². The first-order chi connectivity index (χ1) is 10.9. The fourth-order valence-electron chi connectivity index (χ4n) is 1.50. The van der Waals surface area contributed by atoms with Crippen molar-refractivity contribution < 1.29 is 40.8 Å². The van der Waals surface area contributed by atoms with Crippen molar-refractivity contribution in [3.05, 3.63) is 28.3 Å². The summed E-state index contributed by atoms with van der Waals surface area (Å²) in [4.78, 5) is 19.8. The Labute approximate surface area is 134 Å². The highest BCUT2D eigenvalue weighted by Gasteiger charge is 2.47. The molecule has 1 aromatic carbocycles. The third-order valence-electron chi connectivity index (χ3n) is 2.45. The summed E-state index contributed by atoms with van der Waals surface area (Å²) in [5.74, 6) is -1.42. The molecular weight excluding hydrogens is 359 g/mol. The zero-order chi connectivity index (χ0) is 18.7. The van der Waals surface area contributed by atoms with Gasteiger partial charge in [-0.1, -0.05) is 0 Å². The van der Waals surface area contributed by atoms with Gasteiger partial charge in [0.25, 0.3) is 9.84 Å². The van der Waals surface area contributed by atoms with Crippen molar-refractivity contribution in [1.29, 1.82) is 0 Å². The molecular formula is C12H12F3NO7S. The lowest BCUT2D eigenvalue weighted by Crippen LogP contribution is -2.23. The highest BCUT2D eigenvalue weighted by atomic mass is 32.2. The zero-order valence-electron chi connectivity index (χ0n) is 12.4. The molecule has 0 saturated heterocycles. The van der Waals surface area contributed by atoms with Gasteiger partial charge in [-0.05, 0) is 26.0 Å². The molecule has 0 bridgehead atoms. The van der Waals surface area contributed by atoms with E-state index in [1.807, 2.05) is 0 Å². The molecule has 8 nitrogen and oxygen atoms in total. The van der Waals surface area contributed by atoms with Crippen molar-refractivity contribution in [2.24, 2.45) is 0 Å². The highest BCUT2D eigenvalue weighted by molar-refractivity contribution is 7.92. The summed E-state index contributed by atoms with van der Waals surface area (Å²) in [6, 6.07) is 1.38. The van der Waals surface area contributed by atoms with E-state index < -0.39 is 55.3 Å². The second-order valence-corrected chi connectivity index (χ2v) is 6.60. The predicted octanol–water partition coefficient (Wildman–Crippen LogP) is 2.22.